The van der Waals surface area contributed by atoms with E-state index in [1.165, 1.54) is 17.0 Å². The Bertz CT molecular complexity index is 771. The molecule has 26 heavy (non-hydrogen) atoms. The highest BCUT2D eigenvalue weighted by atomic mass is 32.2. The average Bonchev–Trinajstić information content (AvgIpc) is 3.12. The number of hydrogen-bond donors (Lipinski definition) is 2. The molecule has 138 valence electrons. The molecule has 2 atom stereocenters. The van der Waals surface area contributed by atoms with E-state index >= 15 is 0 Å². The molecule has 0 bridgehead atoms. The standard InChI is InChI=1S/C17H17FN2O3S3/c18-11-4-2-1-3-10(11)7-14-16(23)20(17(24)26-14)6-5-15(22)19-12-8-25-9-13(12)21/h1-4,7,12-13,21H,5-6,8-9H2,(H,19,22)/b14-7-. The van der Waals surface area contributed by atoms with Crippen molar-refractivity contribution in [1.82, 2.24) is 10.2 Å². The van der Waals surface area contributed by atoms with Gasteiger partial charge in [0.25, 0.3) is 5.91 Å². The number of nitrogens with zero attached hydrogens (tertiary/aromatic N) is 1. The van der Waals surface area contributed by atoms with E-state index in [1.807, 2.05) is 0 Å². The summed E-state index contributed by atoms with van der Waals surface area (Å²) in [5.74, 6) is 0.321. The minimum atomic E-state index is -0.538. The highest BCUT2D eigenvalue weighted by Gasteiger charge is 2.33. The minimum absolute atomic E-state index is 0.0906. The van der Waals surface area contributed by atoms with Crippen LogP contribution in [0.1, 0.15) is 12.0 Å². The van der Waals surface area contributed by atoms with Gasteiger partial charge in [-0.05, 0) is 12.1 Å². The highest BCUT2D eigenvalue weighted by molar-refractivity contribution is 8.26. The van der Waals surface area contributed by atoms with Crippen LogP contribution in [0.5, 0.6) is 0 Å². The maximum atomic E-state index is 13.8. The molecule has 2 saturated heterocycles. The number of aliphatic hydroxyl groups is 1. The Morgan fingerprint density at radius 3 is 2.88 bits per heavy atom. The summed E-state index contributed by atoms with van der Waals surface area (Å²) in [6.45, 7) is 0.154. The Morgan fingerprint density at radius 2 is 2.19 bits per heavy atom. The third-order valence-corrected chi connectivity index (χ3v) is 6.57. The van der Waals surface area contributed by atoms with Crippen molar-refractivity contribution in [2.24, 2.45) is 0 Å². The Balaban J connectivity index is 1.59. The molecule has 0 radical (unpaired) electrons. The zero-order valence-electron chi connectivity index (χ0n) is 13.7. The largest absolute Gasteiger partial charge is 0.390 e. The topological polar surface area (TPSA) is 69.6 Å². The predicted octanol–water partition coefficient (Wildman–Crippen LogP) is 2.01. The van der Waals surface area contributed by atoms with Crippen LogP contribution in [-0.4, -0.2) is 56.3 Å². The number of hydrogen-bond acceptors (Lipinski definition) is 6. The lowest BCUT2D eigenvalue weighted by atomic mass is 10.2. The van der Waals surface area contributed by atoms with Crippen molar-refractivity contribution in [2.45, 2.75) is 18.6 Å². The van der Waals surface area contributed by atoms with Gasteiger partial charge in [0.05, 0.1) is 17.1 Å². The van der Waals surface area contributed by atoms with E-state index in [-0.39, 0.29) is 30.8 Å². The molecule has 9 heteroatoms. The zero-order chi connectivity index (χ0) is 18.7. The van der Waals surface area contributed by atoms with Crippen molar-refractivity contribution >= 4 is 58.0 Å². The Morgan fingerprint density at radius 1 is 1.42 bits per heavy atom. The van der Waals surface area contributed by atoms with Crippen LogP contribution in [0.3, 0.4) is 0 Å². The van der Waals surface area contributed by atoms with E-state index in [9.17, 15) is 19.1 Å². The summed E-state index contributed by atoms with van der Waals surface area (Å²) in [4.78, 5) is 26.2. The molecule has 0 spiro atoms. The number of benzene rings is 1. The molecule has 2 aliphatic heterocycles. The summed E-state index contributed by atoms with van der Waals surface area (Å²) in [6, 6.07) is 5.93. The summed E-state index contributed by atoms with van der Waals surface area (Å²) in [7, 11) is 0. The SMILES string of the molecule is O=C(CCN1C(=O)/C(=C/c2ccccc2F)SC1=S)NC1CSCC1O. The number of thiocarbonyl (C=S) groups is 1. The first kappa shape index (κ1) is 19.3. The molecule has 0 aromatic heterocycles. The number of carbonyl (C=O) groups excluding carboxylic acids is 2. The lowest BCUT2D eigenvalue weighted by molar-refractivity contribution is -0.124. The monoisotopic (exact) mass is 412 g/mol. The number of rotatable bonds is 5. The van der Waals surface area contributed by atoms with Gasteiger partial charge in [0, 0.05) is 30.0 Å². The van der Waals surface area contributed by atoms with Crippen LogP contribution < -0.4 is 5.32 Å². The van der Waals surface area contributed by atoms with E-state index in [2.05, 4.69) is 5.32 Å². The van der Waals surface area contributed by atoms with E-state index in [4.69, 9.17) is 12.2 Å². The molecular weight excluding hydrogens is 395 g/mol. The first-order chi connectivity index (χ1) is 12.5. The smallest absolute Gasteiger partial charge is 0.266 e. The normalized spacial score (nSPS) is 24.5. The number of nitrogens with one attached hydrogen (secondary N) is 1. The molecule has 2 unspecified atom stereocenters. The lowest BCUT2D eigenvalue weighted by Crippen LogP contribution is -2.43. The molecule has 0 saturated carbocycles. The van der Waals surface area contributed by atoms with Crippen molar-refractivity contribution in [2.75, 3.05) is 18.1 Å². The van der Waals surface area contributed by atoms with Crippen LogP contribution in [0.25, 0.3) is 6.08 Å². The van der Waals surface area contributed by atoms with E-state index in [0.717, 1.165) is 11.8 Å². The summed E-state index contributed by atoms with van der Waals surface area (Å²) >= 11 is 7.90. The van der Waals surface area contributed by atoms with Gasteiger partial charge in [-0.2, -0.15) is 11.8 Å². The molecule has 2 amide bonds. The van der Waals surface area contributed by atoms with Crippen molar-refractivity contribution in [3.63, 3.8) is 0 Å². The maximum absolute atomic E-state index is 13.8. The molecule has 2 aliphatic rings. The van der Waals surface area contributed by atoms with Crippen LogP contribution in [0, 0.1) is 5.82 Å². The lowest BCUT2D eigenvalue weighted by Gasteiger charge is -2.18. The fourth-order valence-electron chi connectivity index (χ4n) is 2.60. The summed E-state index contributed by atoms with van der Waals surface area (Å²) in [6.07, 6.45) is 1.03. The fraction of sp³-hybridized carbons (Fsp3) is 0.353. The Hall–Kier alpha value is -1.42. The van der Waals surface area contributed by atoms with Crippen LogP contribution in [0.2, 0.25) is 0 Å². The van der Waals surface area contributed by atoms with Crippen LogP contribution >= 0.6 is 35.7 Å². The van der Waals surface area contributed by atoms with Crippen molar-refractivity contribution in [3.05, 3.63) is 40.6 Å². The number of carbonyl (C=O) groups is 2. The number of aliphatic hydroxyl groups excluding tert-OH is 1. The molecule has 0 aliphatic carbocycles. The van der Waals surface area contributed by atoms with Gasteiger partial charge in [-0.3, -0.25) is 14.5 Å². The summed E-state index contributed by atoms with van der Waals surface area (Å²) in [5, 5.41) is 12.5. The third kappa shape index (κ3) is 4.46. The summed E-state index contributed by atoms with van der Waals surface area (Å²) < 4.78 is 14.1. The van der Waals surface area contributed by atoms with Gasteiger partial charge in [0.1, 0.15) is 10.1 Å². The molecule has 2 N–H and O–H groups in total. The minimum Gasteiger partial charge on any atom is -0.390 e. The quantitative estimate of drug-likeness (QED) is 0.570. The highest BCUT2D eigenvalue weighted by Crippen LogP contribution is 2.33. The van der Waals surface area contributed by atoms with Crippen LogP contribution in [0.15, 0.2) is 29.2 Å². The second-order valence-electron chi connectivity index (χ2n) is 5.88. The molecular formula is C17H17FN2O3S3. The number of amides is 2. The Labute approximate surface area is 164 Å². The first-order valence-electron chi connectivity index (χ1n) is 8.01. The van der Waals surface area contributed by atoms with Gasteiger partial charge >= 0.3 is 0 Å². The number of thioether (sulfide) groups is 2. The van der Waals surface area contributed by atoms with Gasteiger partial charge in [-0.15, -0.1) is 0 Å². The van der Waals surface area contributed by atoms with Crippen molar-refractivity contribution in [1.29, 1.82) is 0 Å². The van der Waals surface area contributed by atoms with Crippen molar-refractivity contribution < 1.29 is 19.1 Å². The molecule has 1 aromatic carbocycles. The molecule has 3 rings (SSSR count). The van der Waals surface area contributed by atoms with E-state index in [0.29, 0.717) is 26.3 Å². The van der Waals surface area contributed by atoms with Gasteiger partial charge in [-0.1, -0.05) is 42.2 Å². The zero-order valence-corrected chi connectivity index (χ0v) is 16.1. The first-order valence-corrected chi connectivity index (χ1v) is 10.4. The second-order valence-corrected chi connectivity index (χ2v) is 8.63. The van der Waals surface area contributed by atoms with Crippen LogP contribution in [-0.2, 0) is 9.59 Å². The molecule has 2 fully saturated rings. The van der Waals surface area contributed by atoms with Gasteiger partial charge in [0.2, 0.25) is 5.91 Å². The molecule has 1 aromatic rings. The third-order valence-electron chi connectivity index (χ3n) is 4.02. The fourth-order valence-corrected chi connectivity index (χ4v) is 5.07. The van der Waals surface area contributed by atoms with E-state index < -0.39 is 11.9 Å². The van der Waals surface area contributed by atoms with Gasteiger partial charge in [0.15, 0.2) is 0 Å². The van der Waals surface area contributed by atoms with Gasteiger partial charge in [-0.25, -0.2) is 4.39 Å². The number of halogens is 1. The molecule has 2 heterocycles. The van der Waals surface area contributed by atoms with Gasteiger partial charge < -0.3 is 10.4 Å². The second kappa shape index (κ2) is 8.51. The Kier molecular flexibility index (Phi) is 6.33. The van der Waals surface area contributed by atoms with E-state index in [1.54, 1.807) is 30.0 Å². The average molecular weight is 413 g/mol. The maximum Gasteiger partial charge on any atom is 0.266 e. The predicted molar refractivity (Wildman–Crippen MR) is 106 cm³/mol. The van der Waals surface area contributed by atoms with Crippen LogP contribution in [0.4, 0.5) is 4.39 Å². The van der Waals surface area contributed by atoms with Crippen molar-refractivity contribution in [3.8, 4) is 0 Å². The molecule has 5 nitrogen and oxygen atoms in total. The summed E-state index contributed by atoms with van der Waals surface area (Å²) in [5.41, 5.74) is 0.318.